The molecule has 1 rings (SSSR count). The molecule has 0 fully saturated rings. The van der Waals surface area contributed by atoms with Gasteiger partial charge >= 0.3 is 0 Å². The van der Waals surface area contributed by atoms with E-state index in [9.17, 15) is 17.6 Å². The van der Waals surface area contributed by atoms with E-state index in [1.54, 1.807) is 0 Å². The molecule has 0 saturated heterocycles. The van der Waals surface area contributed by atoms with Crippen molar-refractivity contribution >= 4 is 0 Å². The van der Waals surface area contributed by atoms with Gasteiger partial charge in [0.25, 0.3) is 0 Å². The first-order valence-electron chi connectivity index (χ1n) is 3.43. The van der Waals surface area contributed by atoms with Crippen LogP contribution >= 0.6 is 0 Å². The molecule has 1 nitrogen and oxygen atoms in total. The van der Waals surface area contributed by atoms with Crippen LogP contribution in [0, 0.1) is 30.2 Å². The predicted molar refractivity (Wildman–Crippen MR) is 36.9 cm³/mol. The van der Waals surface area contributed by atoms with Crippen LogP contribution in [0.25, 0.3) is 0 Å². The lowest BCUT2D eigenvalue weighted by Crippen LogP contribution is -2.05. The number of benzene rings is 1. The first kappa shape index (κ1) is 9.98. The van der Waals surface area contributed by atoms with E-state index in [1.807, 2.05) is 0 Å². The van der Waals surface area contributed by atoms with Gasteiger partial charge in [-0.15, -0.1) is 0 Å². The average Bonchev–Trinajstić information content (AvgIpc) is 2.13. The second-order valence-electron chi connectivity index (χ2n) is 2.52. The zero-order valence-electron chi connectivity index (χ0n) is 6.67. The highest BCUT2D eigenvalue weighted by atomic mass is 19.2. The monoisotopic (exact) mass is 194 g/mol. The highest BCUT2D eigenvalue weighted by Gasteiger charge is 2.21. The van der Waals surface area contributed by atoms with Gasteiger partial charge < -0.3 is 5.11 Å². The van der Waals surface area contributed by atoms with Crippen molar-refractivity contribution in [2.24, 2.45) is 0 Å². The van der Waals surface area contributed by atoms with Crippen LogP contribution in [0.5, 0.6) is 0 Å². The van der Waals surface area contributed by atoms with Crippen LogP contribution in [0.3, 0.4) is 0 Å². The molecule has 0 heterocycles. The van der Waals surface area contributed by atoms with Gasteiger partial charge in [0.1, 0.15) is 0 Å². The van der Waals surface area contributed by atoms with Gasteiger partial charge in [0, 0.05) is 5.56 Å². The lowest BCUT2D eigenvalue weighted by Gasteiger charge is -2.07. The maximum absolute atomic E-state index is 12.8. The Morgan fingerprint density at radius 1 is 0.923 bits per heavy atom. The van der Waals surface area contributed by atoms with E-state index < -0.39 is 41.0 Å². The molecule has 13 heavy (non-hydrogen) atoms. The summed E-state index contributed by atoms with van der Waals surface area (Å²) in [6.45, 7) is 0.193. The van der Waals surface area contributed by atoms with E-state index in [0.29, 0.717) is 0 Å². The lowest BCUT2D eigenvalue weighted by molar-refractivity contribution is 0.268. The topological polar surface area (TPSA) is 20.2 Å². The normalized spacial score (nSPS) is 10.6. The highest BCUT2D eigenvalue weighted by molar-refractivity contribution is 5.30. The molecule has 0 unspecified atom stereocenters. The number of aliphatic hydroxyl groups excluding tert-OH is 1. The summed E-state index contributed by atoms with van der Waals surface area (Å²) >= 11 is 0. The Bertz CT molecular complexity index is 319. The van der Waals surface area contributed by atoms with Crippen molar-refractivity contribution in [3.8, 4) is 0 Å². The molecule has 0 aromatic heterocycles. The van der Waals surface area contributed by atoms with Crippen molar-refractivity contribution in [1.29, 1.82) is 0 Å². The van der Waals surface area contributed by atoms with Crippen molar-refractivity contribution in [3.63, 3.8) is 0 Å². The largest absolute Gasteiger partial charge is 0.392 e. The van der Waals surface area contributed by atoms with Gasteiger partial charge in [-0.1, -0.05) is 0 Å². The molecule has 0 aliphatic carbocycles. The molecule has 0 radical (unpaired) electrons. The number of hydrogen-bond donors (Lipinski definition) is 1. The van der Waals surface area contributed by atoms with Gasteiger partial charge in [-0.2, -0.15) is 0 Å². The SMILES string of the molecule is Cc1c(F)c(F)c(F)c(F)c1CO. The summed E-state index contributed by atoms with van der Waals surface area (Å²) in [5, 5.41) is 8.54. The van der Waals surface area contributed by atoms with Gasteiger partial charge in [-0.3, -0.25) is 0 Å². The molecule has 72 valence electrons. The zero-order valence-corrected chi connectivity index (χ0v) is 6.67. The summed E-state index contributed by atoms with van der Waals surface area (Å²) in [6.07, 6.45) is 0. The van der Waals surface area contributed by atoms with E-state index in [4.69, 9.17) is 5.11 Å². The zero-order chi connectivity index (χ0) is 10.2. The summed E-state index contributed by atoms with van der Waals surface area (Å²) < 4.78 is 50.5. The van der Waals surface area contributed by atoms with Crippen LogP contribution in [0.15, 0.2) is 0 Å². The van der Waals surface area contributed by atoms with Crippen LogP contribution in [-0.4, -0.2) is 5.11 Å². The van der Waals surface area contributed by atoms with Crippen LogP contribution in [0.1, 0.15) is 11.1 Å². The van der Waals surface area contributed by atoms with Crippen molar-refractivity contribution in [3.05, 3.63) is 34.4 Å². The third kappa shape index (κ3) is 1.39. The van der Waals surface area contributed by atoms with Gasteiger partial charge in [0.05, 0.1) is 6.61 Å². The summed E-state index contributed by atoms with van der Waals surface area (Å²) in [5.74, 6) is -6.76. The van der Waals surface area contributed by atoms with Crippen LogP contribution in [-0.2, 0) is 6.61 Å². The first-order chi connectivity index (χ1) is 6.00. The second kappa shape index (κ2) is 3.33. The minimum atomic E-state index is -1.90. The highest BCUT2D eigenvalue weighted by Crippen LogP contribution is 2.23. The number of rotatable bonds is 1. The Morgan fingerprint density at radius 2 is 1.38 bits per heavy atom. The Kier molecular flexibility index (Phi) is 2.56. The Morgan fingerprint density at radius 3 is 1.85 bits per heavy atom. The minimum absolute atomic E-state index is 0.418. The second-order valence-corrected chi connectivity index (χ2v) is 2.52. The number of halogens is 4. The molecule has 0 bridgehead atoms. The summed E-state index contributed by atoms with van der Waals surface area (Å²) in [6, 6.07) is 0. The van der Waals surface area contributed by atoms with E-state index in [1.165, 1.54) is 0 Å². The smallest absolute Gasteiger partial charge is 0.197 e. The Labute approximate surface area is 71.6 Å². The van der Waals surface area contributed by atoms with Crippen molar-refractivity contribution in [2.75, 3.05) is 0 Å². The van der Waals surface area contributed by atoms with E-state index in [-0.39, 0.29) is 0 Å². The van der Waals surface area contributed by atoms with Crippen molar-refractivity contribution in [1.82, 2.24) is 0 Å². The maximum atomic E-state index is 12.8. The van der Waals surface area contributed by atoms with Gasteiger partial charge in [0.15, 0.2) is 23.3 Å². The van der Waals surface area contributed by atoms with Crippen molar-refractivity contribution in [2.45, 2.75) is 13.5 Å². The van der Waals surface area contributed by atoms with Crippen molar-refractivity contribution < 1.29 is 22.7 Å². The first-order valence-corrected chi connectivity index (χ1v) is 3.43. The van der Waals surface area contributed by atoms with Crippen LogP contribution in [0.4, 0.5) is 17.6 Å². The Hall–Kier alpha value is -1.10. The predicted octanol–water partition coefficient (Wildman–Crippen LogP) is 2.04. The third-order valence-corrected chi connectivity index (χ3v) is 1.78. The summed E-state index contributed by atoms with van der Waals surface area (Å²) in [5.41, 5.74) is -0.977. The fraction of sp³-hybridized carbons (Fsp3) is 0.250. The molecule has 1 N–H and O–H groups in total. The molecule has 0 saturated carbocycles. The van der Waals surface area contributed by atoms with Crippen LogP contribution in [0.2, 0.25) is 0 Å². The fourth-order valence-electron chi connectivity index (χ4n) is 0.975. The third-order valence-electron chi connectivity index (χ3n) is 1.78. The van der Waals surface area contributed by atoms with Gasteiger partial charge in [0.2, 0.25) is 0 Å². The molecular weight excluding hydrogens is 188 g/mol. The number of hydrogen-bond acceptors (Lipinski definition) is 1. The quantitative estimate of drug-likeness (QED) is 0.412. The molecular formula is C8H6F4O. The molecule has 0 atom stereocenters. The average molecular weight is 194 g/mol. The Balaban J connectivity index is 3.56. The molecule has 0 amide bonds. The molecule has 1 aromatic rings. The minimum Gasteiger partial charge on any atom is -0.392 e. The summed E-state index contributed by atoms with van der Waals surface area (Å²) in [7, 11) is 0. The molecule has 0 aliphatic rings. The molecule has 0 spiro atoms. The fourth-order valence-corrected chi connectivity index (χ4v) is 0.975. The van der Waals surface area contributed by atoms with E-state index >= 15 is 0 Å². The van der Waals surface area contributed by atoms with Gasteiger partial charge in [-0.05, 0) is 12.5 Å². The van der Waals surface area contributed by atoms with Gasteiger partial charge in [-0.25, -0.2) is 17.6 Å². The molecule has 1 aromatic carbocycles. The standard InChI is InChI=1S/C8H6F4O/c1-3-4(2-13)6(10)8(12)7(11)5(3)9/h13H,2H2,1H3. The summed E-state index contributed by atoms with van der Waals surface area (Å²) in [4.78, 5) is 0. The van der Waals surface area contributed by atoms with E-state index in [2.05, 4.69) is 0 Å². The maximum Gasteiger partial charge on any atom is 0.197 e. The number of aliphatic hydroxyl groups is 1. The molecule has 5 heteroatoms. The molecule has 0 aliphatic heterocycles. The van der Waals surface area contributed by atoms with Crippen LogP contribution < -0.4 is 0 Å². The van der Waals surface area contributed by atoms with E-state index in [0.717, 1.165) is 6.92 Å². The lowest BCUT2D eigenvalue weighted by atomic mass is 10.1.